The van der Waals surface area contributed by atoms with Crippen molar-refractivity contribution in [2.45, 2.75) is 25.6 Å². The number of para-hydroxylation sites is 1. The minimum absolute atomic E-state index is 0.167. The molecule has 1 atom stereocenters. The highest BCUT2D eigenvalue weighted by molar-refractivity contribution is 7.15. The normalized spacial score (nSPS) is 17.1. The van der Waals surface area contributed by atoms with Crippen LogP contribution >= 0.6 is 11.3 Å². The summed E-state index contributed by atoms with van der Waals surface area (Å²) in [6.07, 6.45) is 3.02. The van der Waals surface area contributed by atoms with E-state index in [4.69, 9.17) is 4.74 Å². The van der Waals surface area contributed by atoms with Gasteiger partial charge < -0.3 is 24.4 Å². The van der Waals surface area contributed by atoms with Gasteiger partial charge in [-0.05, 0) is 61.0 Å². The Morgan fingerprint density at radius 2 is 1.94 bits per heavy atom. The Balaban J connectivity index is 1.51. The number of fused-ring (bicyclic) bond motifs is 5. The van der Waals surface area contributed by atoms with Gasteiger partial charge in [-0.15, -0.1) is 11.3 Å². The second-order valence-electron chi connectivity index (χ2n) is 9.30. The molecule has 4 heterocycles. The third kappa shape index (κ3) is 3.86. The van der Waals surface area contributed by atoms with Crippen LogP contribution in [0.25, 0.3) is 5.00 Å². The summed E-state index contributed by atoms with van der Waals surface area (Å²) < 4.78 is 22.2. The number of urea groups is 1. The first kappa shape index (κ1) is 22.8. The van der Waals surface area contributed by atoms with Crippen LogP contribution in [-0.2, 0) is 19.5 Å². The quantitative estimate of drug-likeness (QED) is 0.385. The summed E-state index contributed by atoms with van der Waals surface area (Å²) >= 11 is 1.81. The topological polar surface area (TPSA) is 49.7 Å². The van der Waals surface area contributed by atoms with Crippen molar-refractivity contribution in [2.24, 2.45) is 0 Å². The minimum atomic E-state index is -0.460. The van der Waals surface area contributed by atoms with Crippen LogP contribution in [0.3, 0.4) is 0 Å². The number of likely N-dealkylation sites (N-methyl/N-ethyl adjacent to an activating group) is 1. The average Bonchev–Trinajstić information content (AvgIpc) is 3.46. The molecule has 2 aromatic carbocycles. The molecule has 0 aliphatic carbocycles. The molecule has 1 unspecified atom stereocenters. The number of amides is 2. The van der Waals surface area contributed by atoms with E-state index in [1.165, 1.54) is 22.1 Å². The third-order valence-electron chi connectivity index (χ3n) is 7.04. The average molecular weight is 503 g/mol. The lowest BCUT2D eigenvalue weighted by molar-refractivity contribution is 0.194. The van der Waals surface area contributed by atoms with Gasteiger partial charge in [-0.3, -0.25) is 0 Å². The Morgan fingerprint density at radius 3 is 2.78 bits per heavy atom. The number of carbonyl (C=O) groups is 1. The molecule has 0 spiro atoms. The lowest BCUT2D eigenvalue weighted by atomic mass is 10.00. The molecular weight excluding hydrogens is 475 g/mol. The molecule has 2 aliphatic heterocycles. The number of thiophene rings is 1. The van der Waals surface area contributed by atoms with Gasteiger partial charge in [-0.1, -0.05) is 24.3 Å². The summed E-state index contributed by atoms with van der Waals surface area (Å²) in [7, 11) is 3.78. The van der Waals surface area contributed by atoms with Crippen LogP contribution in [0.15, 0.2) is 66.9 Å². The van der Waals surface area contributed by atoms with Gasteiger partial charge in [0.2, 0.25) is 0 Å². The number of halogens is 1. The lowest BCUT2D eigenvalue weighted by Gasteiger charge is -2.32. The molecule has 2 aliphatic rings. The molecule has 0 saturated heterocycles. The zero-order chi connectivity index (χ0) is 24.8. The van der Waals surface area contributed by atoms with Gasteiger partial charge in [0.25, 0.3) is 0 Å². The van der Waals surface area contributed by atoms with Crippen LogP contribution < -0.4 is 10.1 Å². The van der Waals surface area contributed by atoms with Crippen LogP contribution in [-0.4, -0.2) is 41.1 Å². The predicted octanol–water partition coefficient (Wildman–Crippen LogP) is 5.81. The molecule has 2 amide bonds. The van der Waals surface area contributed by atoms with Crippen molar-refractivity contribution in [1.82, 2.24) is 14.4 Å². The monoisotopic (exact) mass is 502 g/mol. The van der Waals surface area contributed by atoms with E-state index in [1.807, 2.05) is 35.2 Å². The Labute approximate surface area is 213 Å². The molecule has 184 valence electrons. The van der Waals surface area contributed by atoms with Gasteiger partial charge >= 0.3 is 6.03 Å². The van der Waals surface area contributed by atoms with Gasteiger partial charge in [0, 0.05) is 29.7 Å². The van der Waals surface area contributed by atoms with Crippen LogP contribution in [0, 0.1) is 5.82 Å². The van der Waals surface area contributed by atoms with Crippen LogP contribution in [0.2, 0.25) is 0 Å². The first-order valence-electron chi connectivity index (χ1n) is 12.0. The van der Waals surface area contributed by atoms with Crippen molar-refractivity contribution in [3.63, 3.8) is 0 Å². The van der Waals surface area contributed by atoms with E-state index < -0.39 is 5.82 Å². The van der Waals surface area contributed by atoms with Crippen molar-refractivity contribution in [3.05, 3.63) is 99.9 Å². The summed E-state index contributed by atoms with van der Waals surface area (Å²) in [5, 5.41) is 3.99. The van der Waals surface area contributed by atoms with E-state index >= 15 is 0 Å². The maximum Gasteiger partial charge on any atom is 0.323 e. The first-order chi connectivity index (χ1) is 17.5. The standard InChI is InChI=1S/C28H27FN4O2S/c1-31-14-12-20-21-16-33(28(34)30-23-10-4-3-9-22(23)29)26(18-7-5-8-19(15-18)35-2)24-11-6-13-32(24)27(21)36-25(20)17-31/h3-11,13,15,26H,12,14,16-17H2,1-2H3,(H,30,34). The first-order valence-corrected chi connectivity index (χ1v) is 12.8. The van der Waals surface area contributed by atoms with Crippen molar-refractivity contribution >= 4 is 23.1 Å². The van der Waals surface area contributed by atoms with E-state index in [-0.39, 0.29) is 17.8 Å². The number of carbonyl (C=O) groups excluding carboxylic acids is 1. The molecule has 4 aromatic rings. The summed E-state index contributed by atoms with van der Waals surface area (Å²) in [5.74, 6) is 0.262. The fraction of sp³-hybridized carbons (Fsp3) is 0.250. The van der Waals surface area contributed by atoms with Gasteiger partial charge in [0.1, 0.15) is 16.6 Å². The van der Waals surface area contributed by atoms with Crippen molar-refractivity contribution in [2.75, 3.05) is 26.0 Å². The molecular formula is C28H27FN4O2S. The van der Waals surface area contributed by atoms with E-state index in [9.17, 15) is 9.18 Å². The number of nitrogens with zero attached hydrogens (tertiary/aromatic N) is 3. The summed E-state index contributed by atoms with van der Waals surface area (Å²) in [6.45, 7) is 2.31. The number of benzene rings is 2. The largest absolute Gasteiger partial charge is 0.497 e. The third-order valence-corrected chi connectivity index (χ3v) is 8.30. The zero-order valence-corrected chi connectivity index (χ0v) is 21.0. The maximum atomic E-state index is 14.5. The van der Waals surface area contributed by atoms with Crippen molar-refractivity contribution < 1.29 is 13.9 Å². The SMILES string of the molecule is COc1cccc(C2c3cccn3-c3sc4c(c3CN2C(=O)Nc2ccccc2F)CCN(C)C4)c1. The Morgan fingerprint density at radius 1 is 1.08 bits per heavy atom. The molecule has 36 heavy (non-hydrogen) atoms. The second kappa shape index (κ2) is 9.11. The van der Waals surface area contributed by atoms with E-state index in [0.717, 1.165) is 41.5 Å². The Hall–Kier alpha value is -3.62. The lowest BCUT2D eigenvalue weighted by Crippen LogP contribution is -2.38. The van der Waals surface area contributed by atoms with Gasteiger partial charge in [-0.25, -0.2) is 9.18 Å². The molecule has 0 saturated carbocycles. The summed E-state index contributed by atoms with van der Waals surface area (Å²) in [5.41, 5.74) is 4.59. The van der Waals surface area contributed by atoms with Gasteiger partial charge in [-0.2, -0.15) is 0 Å². The number of methoxy groups -OCH3 is 1. The number of aromatic nitrogens is 1. The van der Waals surface area contributed by atoms with Crippen molar-refractivity contribution in [3.8, 4) is 10.8 Å². The number of nitrogens with one attached hydrogen (secondary N) is 1. The summed E-state index contributed by atoms with van der Waals surface area (Å²) in [4.78, 5) is 19.4. The molecule has 0 radical (unpaired) electrons. The highest BCUT2D eigenvalue weighted by Gasteiger charge is 2.36. The highest BCUT2D eigenvalue weighted by atomic mass is 32.1. The number of ether oxygens (including phenoxy) is 1. The minimum Gasteiger partial charge on any atom is -0.497 e. The Kier molecular flexibility index (Phi) is 5.78. The molecule has 6 nitrogen and oxygen atoms in total. The van der Waals surface area contributed by atoms with E-state index in [1.54, 1.807) is 36.6 Å². The van der Waals surface area contributed by atoms with Gasteiger partial charge in [0.05, 0.1) is 31.1 Å². The highest BCUT2D eigenvalue weighted by Crippen LogP contribution is 2.44. The fourth-order valence-electron chi connectivity index (χ4n) is 5.26. The van der Waals surface area contributed by atoms with E-state index in [0.29, 0.717) is 6.54 Å². The number of anilines is 1. The summed E-state index contributed by atoms with van der Waals surface area (Å²) in [6, 6.07) is 17.4. The molecule has 0 bridgehead atoms. The Bertz CT molecular complexity index is 1450. The number of rotatable bonds is 3. The number of hydrogen-bond acceptors (Lipinski definition) is 4. The smallest absolute Gasteiger partial charge is 0.323 e. The molecule has 0 fully saturated rings. The second-order valence-corrected chi connectivity index (χ2v) is 10.4. The van der Waals surface area contributed by atoms with Crippen LogP contribution in [0.1, 0.15) is 33.3 Å². The predicted molar refractivity (Wildman–Crippen MR) is 139 cm³/mol. The zero-order valence-electron chi connectivity index (χ0n) is 20.2. The van der Waals surface area contributed by atoms with Crippen LogP contribution in [0.4, 0.5) is 14.9 Å². The molecule has 8 heteroatoms. The molecule has 6 rings (SSSR count). The van der Waals surface area contributed by atoms with Crippen molar-refractivity contribution in [1.29, 1.82) is 0 Å². The van der Waals surface area contributed by atoms with E-state index in [2.05, 4.69) is 34.1 Å². The molecule has 1 N–H and O–H groups in total. The number of hydrogen-bond donors (Lipinski definition) is 1. The maximum absolute atomic E-state index is 14.5. The molecule has 2 aromatic heterocycles. The van der Waals surface area contributed by atoms with Gasteiger partial charge in [0.15, 0.2) is 0 Å². The van der Waals surface area contributed by atoms with Crippen LogP contribution in [0.5, 0.6) is 5.75 Å². The fourth-order valence-corrected chi connectivity index (χ4v) is 6.71.